The Morgan fingerprint density at radius 2 is 0.804 bits per heavy atom. The van der Waals surface area contributed by atoms with Crippen LogP contribution in [0.25, 0.3) is 0 Å². The third kappa shape index (κ3) is 12.5. The number of azo groups is 1. The van der Waals surface area contributed by atoms with E-state index in [0.29, 0.717) is 37.6 Å². The number of ether oxygens (including phenoxy) is 2. The molecule has 0 saturated carbocycles. The van der Waals surface area contributed by atoms with E-state index >= 15 is 0 Å². The fourth-order valence-corrected chi connectivity index (χ4v) is 4.07. The zero-order valence-corrected chi connectivity index (χ0v) is 29.0. The van der Waals surface area contributed by atoms with E-state index in [0.717, 1.165) is 11.1 Å². The number of carbonyl (C=O) groups is 4. The minimum atomic E-state index is -0.477. The summed E-state index contributed by atoms with van der Waals surface area (Å²) < 4.78 is 10.8. The molecule has 0 spiro atoms. The maximum atomic E-state index is 12.4. The van der Waals surface area contributed by atoms with Crippen LogP contribution in [0.4, 0.5) is 21.0 Å². The third-order valence-corrected chi connectivity index (χ3v) is 7.02. The highest BCUT2D eigenvalue weighted by atomic mass is 16.6. The summed E-state index contributed by atoms with van der Waals surface area (Å²) in [7, 11) is 6.73. The van der Waals surface area contributed by atoms with Crippen molar-refractivity contribution in [2.24, 2.45) is 21.1 Å². The predicted octanol–water partition coefficient (Wildman–Crippen LogP) is 6.25. The predicted molar refractivity (Wildman–Crippen MR) is 177 cm³/mol. The number of rotatable bonds is 12. The lowest BCUT2D eigenvalue weighted by Crippen LogP contribution is -2.41. The molecule has 0 heterocycles. The van der Waals surface area contributed by atoms with E-state index in [-0.39, 0.29) is 25.0 Å². The molecular formula is C34H50N6O6. The van der Waals surface area contributed by atoms with E-state index in [2.05, 4.69) is 10.2 Å². The Kier molecular flexibility index (Phi) is 13.7. The van der Waals surface area contributed by atoms with Crippen molar-refractivity contribution in [2.75, 3.05) is 54.4 Å². The van der Waals surface area contributed by atoms with Gasteiger partial charge < -0.3 is 29.1 Å². The van der Waals surface area contributed by atoms with E-state index in [1.807, 2.05) is 65.8 Å². The van der Waals surface area contributed by atoms with Gasteiger partial charge in [0.1, 0.15) is 13.2 Å². The van der Waals surface area contributed by atoms with E-state index in [1.165, 1.54) is 9.80 Å². The van der Waals surface area contributed by atoms with Crippen molar-refractivity contribution in [3.8, 4) is 0 Å². The number of nitrogens with zero attached hydrogens (tertiary/aromatic N) is 6. The van der Waals surface area contributed by atoms with Crippen molar-refractivity contribution in [1.29, 1.82) is 0 Å². The first kappa shape index (κ1) is 37.7. The van der Waals surface area contributed by atoms with Gasteiger partial charge in [-0.1, -0.05) is 65.8 Å². The van der Waals surface area contributed by atoms with Crippen LogP contribution < -0.4 is 0 Å². The van der Waals surface area contributed by atoms with Gasteiger partial charge in [-0.3, -0.25) is 9.59 Å². The molecule has 0 N–H and O–H groups in total. The highest BCUT2D eigenvalue weighted by Crippen LogP contribution is 2.21. The van der Waals surface area contributed by atoms with Gasteiger partial charge in [-0.25, -0.2) is 9.59 Å². The van der Waals surface area contributed by atoms with Gasteiger partial charge in [0.05, 0.1) is 11.4 Å². The van der Waals surface area contributed by atoms with Crippen molar-refractivity contribution in [3.05, 3.63) is 59.7 Å². The Morgan fingerprint density at radius 3 is 1.09 bits per heavy atom. The van der Waals surface area contributed by atoms with Crippen molar-refractivity contribution >= 4 is 35.4 Å². The quantitative estimate of drug-likeness (QED) is 0.253. The molecule has 0 aliphatic heterocycles. The van der Waals surface area contributed by atoms with Crippen LogP contribution in [0.5, 0.6) is 0 Å². The molecule has 0 aliphatic carbocycles. The highest BCUT2D eigenvalue weighted by Gasteiger charge is 2.26. The maximum absolute atomic E-state index is 12.4. The molecule has 252 valence electrons. The number of amides is 4. The molecule has 2 aromatic rings. The summed E-state index contributed by atoms with van der Waals surface area (Å²) in [6.45, 7) is 12.9. The van der Waals surface area contributed by atoms with Crippen LogP contribution in [0.3, 0.4) is 0 Å². The lowest BCUT2D eigenvalue weighted by molar-refractivity contribution is -0.138. The van der Waals surface area contributed by atoms with Gasteiger partial charge in [-0.05, 0) is 35.4 Å². The van der Waals surface area contributed by atoms with Crippen LogP contribution >= 0.6 is 0 Å². The Labute approximate surface area is 273 Å². The zero-order valence-electron chi connectivity index (χ0n) is 29.0. The van der Waals surface area contributed by atoms with Crippen molar-refractivity contribution in [2.45, 2.75) is 54.8 Å². The number of likely N-dealkylation sites (N-methyl/N-ethyl adjacent to an activating group) is 4. The minimum Gasteiger partial charge on any atom is -0.445 e. The first-order valence-electron chi connectivity index (χ1n) is 15.2. The summed E-state index contributed by atoms with van der Waals surface area (Å²) in [6, 6.07) is 14.4. The van der Waals surface area contributed by atoms with Crippen LogP contribution in [0.2, 0.25) is 0 Å². The molecule has 0 radical (unpaired) electrons. The average molecular weight is 639 g/mol. The van der Waals surface area contributed by atoms with Crippen LogP contribution in [0.1, 0.15) is 52.7 Å². The number of carbonyl (C=O) groups excluding carboxylic acids is 4. The molecule has 12 nitrogen and oxygen atoms in total. The van der Waals surface area contributed by atoms with Crippen LogP contribution in [0.15, 0.2) is 58.8 Å². The van der Waals surface area contributed by atoms with Crippen LogP contribution in [0, 0.1) is 10.8 Å². The molecule has 46 heavy (non-hydrogen) atoms. The normalized spacial score (nSPS) is 11.6. The van der Waals surface area contributed by atoms with Gasteiger partial charge in [-0.15, -0.1) is 0 Å². The Balaban J connectivity index is 1.77. The molecule has 0 saturated heterocycles. The number of benzene rings is 2. The molecule has 0 bridgehead atoms. The summed E-state index contributed by atoms with van der Waals surface area (Å²) in [5, 5.41) is 8.52. The second kappa shape index (κ2) is 16.7. The molecule has 0 fully saturated rings. The molecule has 0 aromatic heterocycles. The lowest BCUT2D eigenvalue weighted by Gasteiger charge is -2.27. The first-order valence-corrected chi connectivity index (χ1v) is 15.2. The van der Waals surface area contributed by atoms with Crippen LogP contribution in [-0.2, 0) is 32.3 Å². The van der Waals surface area contributed by atoms with Gasteiger partial charge in [0.2, 0.25) is 11.8 Å². The first-order chi connectivity index (χ1) is 21.4. The van der Waals surface area contributed by atoms with Crippen molar-refractivity contribution < 1.29 is 28.7 Å². The largest absolute Gasteiger partial charge is 0.445 e. The minimum absolute atomic E-state index is 0.0120. The van der Waals surface area contributed by atoms with Crippen LogP contribution in [-0.4, -0.2) is 98.0 Å². The summed E-state index contributed by atoms with van der Waals surface area (Å²) in [6.07, 6.45) is -0.939. The second-order valence-corrected chi connectivity index (χ2v) is 13.4. The molecule has 2 aromatic carbocycles. The van der Waals surface area contributed by atoms with E-state index < -0.39 is 23.0 Å². The molecular weight excluding hydrogens is 588 g/mol. The van der Waals surface area contributed by atoms with E-state index in [4.69, 9.17) is 9.47 Å². The maximum Gasteiger partial charge on any atom is 0.409 e. The van der Waals surface area contributed by atoms with Gasteiger partial charge in [-0.2, -0.15) is 10.2 Å². The Bertz CT molecular complexity index is 1240. The monoisotopic (exact) mass is 638 g/mol. The Morgan fingerprint density at radius 1 is 0.522 bits per heavy atom. The molecule has 0 unspecified atom stereocenters. The van der Waals surface area contributed by atoms with Crippen molar-refractivity contribution in [3.63, 3.8) is 0 Å². The topological polar surface area (TPSA) is 124 Å². The molecule has 0 atom stereocenters. The molecule has 0 aliphatic rings. The highest BCUT2D eigenvalue weighted by molar-refractivity contribution is 5.81. The van der Waals surface area contributed by atoms with Crippen molar-refractivity contribution in [1.82, 2.24) is 19.6 Å². The SMILES string of the molecule is CN(CCN(C)C(=O)C(C)(C)C)C(=O)OCc1ccc(N=Nc2ccc(COC(=O)N(C)CCN(C)C(=O)C(C)(C)C)cc2)cc1. The summed E-state index contributed by atoms with van der Waals surface area (Å²) in [5.41, 5.74) is 1.92. The molecule has 4 amide bonds. The van der Waals surface area contributed by atoms with Gasteiger partial charge in [0.15, 0.2) is 0 Å². The van der Waals surface area contributed by atoms with Gasteiger partial charge in [0, 0.05) is 65.2 Å². The van der Waals surface area contributed by atoms with E-state index in [1.54, 1.807) is 62.3 Å². The lowest BCUT2D eigenvalue weighted by atomic mass is 9.95. The fraction of sp³-hybridized carbons (Fsp3) is 0.529. The van der Waals surface area contributed by atoms with E-state index in [9.17, 15) is 19.2 Å². The van der Waals surface area contributed by atoms with Gasteiger partial charge in [0.25, 0.3) is 0 Å². The smallest absolute Gasteiger partial charge is 0.409 e. The third-order valence-electron chi connectivity index (χ3n) is 7.02. The molecule has 2 rings (SSSR count). The van der Waals surface area contributed by atoms with Gasteiger partial charge >= 0.3 is 12.2 Å². The molecule has 12 heteroatoms. The average Bonchev–Trinajstić information content (AvgIpc) is 3.01. The summed E-state index contributed by atoms with van der Waals surface area (Å²) in [5.74, 6) is 0.0241. The summed E-state index contributed by atoms with van der Waals surface area (Å²) in [4.78, 5) is 55.5. The Hall–Kier alpha value is -4.48. The number of hydrogen-bond acceptors (Lipinski definition) is 8. The number of hydrogen-bond donors (Lipinski definition) is 0. The summed E-state index contributed by atoms with van der Waals surface area (Å²) >= 11 is 0. The second-order valence-electron chi connectivity index (χ2n) is 13.4. The fourth-order valence-electron chi connectivity index (χ4n) is 4.07. The zero-order chi connectivity index (χ0) is 34.7. The standard InChI is InChI=1S/C34H50N6O6/c1-33(2,3)29(41)37(7)19-21-39(9)31(43)45-23-25-11-15-27(16-12-25)35-36-28-17-13-26(14-18-28)24-46-32(44)40(10)22-20-38(8)30(42)34(4,5)6/h11-18H,19-24H2,1-10H3.